The molecule has 0 spiro atoms. The average molecular weight is 1100 g/mol. The number of carboxylic acid groups (broad SMARTS) is 1. The number of carbonyl (C=O) groups excluding carboxylic acids is 2. The zero-order chi connectivity index (χ0) is 57.6. The lowest BCUT2D eigenvalue weighted by Gasteiger charge is -2.25. The van der Waals surface area contributed by atoms with Gasteiger partial charge in [-0.2, -0.15) is 0 Å². The second kappa shape index (κ2) is 59.0. The van der Waals surface area contributed by atoms with E-state index in [0.29, 0.717) is 23.9 Å². The van der Waals surface area contributed by atoms with Gasteiger partial charge >= 0.3 is 17.9 Å². The monoisotopic (exact) mass is 1090 g/mol. The number of allylic oxidation sites excluding steroid dienone is 26. The molecule has 0 aliphatic heterocycles. The summed E-state index contributed by atoms with van der Waals surface area (Å²) in [6.07, 6.45) is 84.8. The Balaban J connectivity index is 4.31. The van der Waals surface area contributed by atoms with Crippen LogP contribution in [0.1, 0.15) is 206 Å². The summed E-state index contributed by atoms with van der Waals surface area (Å²) in [5, 5.41) is 9.71. The van der Waals surface area contributed by atoms with Crippen LogP contribution in [-0.2, 0) is 33.3 Å². The van der Waals surface area contributed by atoms with Crippen molar-refractivity contribution < 1.29 is 42.9 Å². The maximum Gasteiger partial charge on any atom is 0.361 e. The lowest BCUT2D eigenvalue weighted by molar-refractivity contribution is -0.870. The van der Waals surface area contributed by atoms with Crippen LogP contribution in [0.5, 0.6) is 0 Å². The highest BCUT2D eigenvalue weighted by Gasteiger charge is 2.25. The molecule has 0 aromatic carbocycles. The van der Waals surface area contributed by atoms with Crippen LogP contribution in [0.15, 0.2) is 158 Å². The van der Waals surface area contributed by atoms with E-state index in [4.69, 9.17) is 18.9 Å². The van der Waals surface area contributed by atoms with Gasteiger partial charge in [-0.05, 0) is 116 Å². The molecule has 79 heavy (non-hydrogen) atoms. The third-order valence-corrected chi connectivity index (χ3v) is 12.3. The van der Waals surface area contributed by atoms with Gasteiger partial charge in [0, 0.05) is 12.8 Å². The molecule has 0 rings (SSSR count). The van der Waals surface area contributed by atoms with Crippen LogP contribution in [0.2, 0.25) is 0 Å². The molecule has 0 saturated heterocycles. The number of carbonyl (C=O) groups is 3. The van der Waals surface area contributed by atoms with E-state index in [1.807, 2.05) is 21.1 Å². The number of rotatable bonds is 54. The minimum atomic E-state index is -1.54. The molecule has 0 heterocycles. The van der Waals surface area contributed by atoms with E-state index in [0.717, 1.165) is 109 Å². The van der Waals surface area contributed by atoms with Crippen LogP contribution in [0.4, 0.5) is 0 Å². The molecule has 0 aromatic heterocycles. The summed E-state index contributed by atoms with van der Waals surface area (Å²) in [5.41, 5.74) is 0. The number of ether oxygens (including phenoxy) is 4. The Morgan fingerprint density at radius 3 is 1.05 bits per heavy atom. The quantitative estimate of drug-likeness (QED) is 0.0211. The number of esters is 2. The molecule has 444 valence electrons. The Labute approximate surface area is 483 Å². The van der Waals surface area contributed by atoms with Crippen LogP contribution in [0.3, 0.4) is 0 Å². The van der Waals surface area contributed by atoms with Gasteiger partial charge in [-0.25, -0.2) is 4.79 Å². The Hall–Kier alpha value is -5.09. The van der Waals surface area contributed by atoms with E-state index in [-0.39, 0.29) is 38.6 Å². The Bertz CT molecular complexity index is 1850. The number of aliphatic carboxylic acids is 1. The van der Waals surface area contributed by atoms with Gasteiger partial charge in [0.1, 0.15) is 13.2 Å². The first-order valence-electron chi connectivity index (χ1n) is 30.6. The first-order chi connectivity index (χ1) is 38.6. The zero-order valence-corrected chi connectivity index (χ0v) is 50.5. The third kappa shape index (κ3) is 60.4. The zero-order valence-electron chi connectivity index (χ0n) is 50.5. The van der Waals surface area contributed by atoms with Crippen molar-refractivity contribution >= 4 is 17.9 Å². The molecule has 0 bridgehead atoms. The minimum Gasteiger partial charge on any atom is -0.477 e. The fraction of sp³-hybridized carbons (Fsp3) is 0.586. The predicted octanol–water partition coefficient (Wildman–Crippen LogP) is 18.6. The molecule has 2 unspecified atom stereocenters. The summed E-state index contributed by atoms with van der Waals surface area (Å²) in [5.74, 6) is -2.11. The highest BCUT2D eigenvalue weighted by molar-refractivity contribution is 5.71. The summed E-state index contributed by atoms with van der Waals surface area (Å²) in [6.45, 7) is 4.56. The SMILES string of the molecule is CC/C=C\C/C=C\C/C=C\C/C=C\C/C=C\C/C=C\C/C=C\CCCC(=O)OC(COC(=O)CCCCCCCCCCCCCC/C=C\C/C=C\C/C=C\C/C=C\C/C=C\C/C=C\CC)COC(OCC[N+](C)(C)C)C(=O)O. The lowest BCUT2D eigenvalue weighted by atomic mass is 10.0. The van der Waals surface area contributed by atoms with Crippen molar-refractivity contribution in [3.05, 3.63) is 158 Å². The van der Waals surface area contributed by atoms with Crippen molar-refractivity contribution in [3.63, 3.8) is 0 Å². The van der Waals surface area contributed by atoms with Crippen LogP contribution in [-0.4, -0.2) is 87.4 Å². The molecular weight excluding hydrogens is 983 g/mol. The number of nitrogens with zero attached hydrogens (tertiary/aromatic N) is 1. The van der Waals surface area contributed by atoms with Crippen molar-refractivity contribution in [2.24, 2.45) is 0 Å². The molecule has 0 fully saturated rings. The Morgan fingerprint density at radius 2 is 0.696 bits per heavy atom. The van der Waals surface area contributed by atoms with Crippen molar-refractivity contribution in [3.8, 4) is 0 Å². The number of carboxylic acids is 1. The molecule has 0 amide bonds. The Morgan fingerprint density at radius 1 is 0.380 bits per heavy atom. The molecular formula is C70H112NO8+. The molecule has 0 aliphatic rings. The highest BCUT2D eigenvalue weighted by Crippen LogP contribution is 2.14. The lowest BCUT2D eigenvalue weighted by Crippen LogP contribution is -2.40. The van der Waals surface area contributed by atoms with E-state index in [9.17, 15) is 19.5 Å². The van der Waals surface area contributed by atoms with Gasteiger partial charge in [0.05, 0.1) is 34.4 Å². The van der Waals surface area contributed by atoms with Gasteiger partial charge < -0.3 is 28.5 Å². The number of hydrogen-bond acceptors (Lipinski definition) is 7. The summed E-state index contributed by atoms with van der Waals surface area (Å²) in [7, 11) is 5.94. The second-order valence-electron chi connectivity index (χ2n) is 20.9. The highest BCUT2D eigenvalue weighted by atomic mass is 16.7. The normalized spacial score (nSPS) is 13.9. The molecule has 1 N–H and O–H groups in total. The van der Waals surface area contributed by atoms with Gasteiger partial charge in [0.2, 0.25) is 0 Å². The van der Waals surface area contributed by atoms with Gasteiger partial charge in [-0.15, -0.1) is 0 Å². The standard InChI is InChI=1S/C70H111NO8/c1-6-8-10-12-14-16-18-20-22-24-26-28-30-31-32-33-34-35-36-37-39-40-42-44-46-48-50-52-54-56-58-60-67(72)77-64-66(65-78-70(69(74)75)76-63-62-71(3,4)5)79-68(73)61-59-57-55-53-51-49-47-45-43-41-38-29-27-25-23-21-19-17-15-13-11-9-7-2/h8-11,14-17,20-23,26-29,31-32,34-35,41,43,47,49,53,55,66,70H,6-7,12-13,18-19,24-25,30,33,36-40,42,44-46,48,50-52,54,56-65H2,1-5H3/p+1/b10-8-,11-9-,16-14-,17-15-,22-20-,23-21-,28-26-,29-27-,32-31-,35-34-,43-41-,49-47-,55-53-. The summed E-state index contributed by atoms with van der Waals surface area (Å²) >= 11 is 0. The van der Waals surface area contributed by atoms with Crippen LogP contribution < -0.4 is 0 Å². The molecule has 0 saturated carbocycles. The minimum absolute atomic E-state index is 0.167. The van der Waals surface area contributed by atoms with Crippen molar-refractivity contribution in [2.75, 3.05) is 47.5 Å². The van der Waals surface area contributed by atoms with Crippen molar-refractivity contribution in [2.45, 2.75) is 219 Å². The Kier molecular flexibility index (Phi) is 55.2. The smallest absolute Gasteiger partial charge is 0.361 e. The van der Waals surface area contributed by atoms with Crippen LogP contribution in [0, 0.1) is 0 Å². The maximum absolute atomic E-state index is 12.9. The fourth-order valence-electron chi connectivity index (χ4n) is 7.65. The fourth-order valence-corrected chi connectivity index (χ4v) is 7.65. The molecule has 0 aromatic rings. The summed E-state index contributed by atoms with van der Waals surface area (Å²) in [4.78, 5) is 37.5. The average Bonchev–Trinajstić information content (AvgIpc) is 3.42. The molecule has 2 atom stereocenters. The molecule has 0 radical (unpaired) electrons. The molecule has 0 aliphatic carbocycles. The predicted molar refractivity (Wildman–Crippen MR) is 336 cm³/mol. The number of unbranched alkanes of at least 4 members (excludes halogenated alkanes) is 13. The topological polar surface area (TPSA) is 108 Å². The first kappa shape index (κ1) is 73.9. The second-order valence-corrected chi connectivity index (χ2v) is 20.9. The van der Waals surface area contributed by atoms with E-state index in [1.165, 1.54) is 57.8 Å². The van der Waals surface area contributed by atoms with E-state index in [2.05, 4.69) is 172 Å². The number of quaternary nitrogens is 1. The summed E-state index contributed by atoms with van der Waals surface area (Å²) < 4.78 is 22.8. The van der Waals surface area contributed by atoms with Crippen LogP contribution >= 0.6 is 0 Å². The van der Waals surface area contributed by atoms with Crippen molar-refractivity contribution in [1.29, 1.82) is 0 Å². The van der Waals surface area contributed by atoms with Crippen LogP contribution in [0.25, 0.3) is 0 Å². The number of hydrogen-bond donors (Lipinski definition) is 1. The molecule has 9 heteroatoms. The van der Waals surface area contributed by atoms with E-state index < -0.39 is 24.3 Å². The van der Waals surface area contributed by atoms with Gasteiger partial charge in [0.15, 0.2) is 6.10 Å². The maximum atomic E-state index is 12.9. The summed E-state index contributed by atoms with van der Waals surface area (Å²) in [6, 6.07) is 0. The van der Waals surface area contributed by atoms with Gasteiger partial charge in [-0.1, -0.05) is 236 Å². The van der Waals surface area contributed by atoms with Gasteiger partial charge in [0.25, 0.3) is 6.29 Å². The molecule has 9 nitrogen and oxygen atoms in total. The van der Waals surface area contributed by atoms with Gasteiger partial charge in [-0.3, -0.25) is 9.59 Å². The number of likely N-dealkylation sites (N-methyl/N-ethyl adjacent to an activating group) is 1. The first-order valence-corrected chi connectivity index (χ1v) is 30.6. The van der Waals surface area contributed by atoms with E-state index in [1.54, 1.807) is 0 Å². The third-order valence-electron chi connectivity index (χ3n) is 12.3. The van der Waals surface area contributed by atoms with Crippen molar-refractivity contribution in [1.82, 2.24) is 0 Å². The largest absolute Gasteiger partial charge is 0.477 e. The van der Waals surface area contributed by atoms with E-state index >= 15 is 0 Å².